The number of unbranched alkanes of at least 4 members (excludes halogenated alkanes) is 2. The summed E-state index contributed by atoms with van der Waals surface area (Å²) in [6.45, 7) is 3.94. The van der Waals surface area contributed by atoms with Gasteiger partial charge in [0.25, 0.3) is 0 Å². The third kappa shape index (κ3) is 13.5. The molecule has 0 fully saturated rings. The van der Waals surface area contributed by atoms with Crippen molar-refractivity contribution in [1.29, 1.82) is 0 Å². The van der Waals surface area contributed by atoms with Crippen molar-refractivity contribution in [2.24, 2.45) is 10.7 Å². The van der Waals surface area contributed by atoms with Gasteiger partial charge < -0.3 is 20.3 Å². The number of nitrogens with zero attached hydrogens (tertiary/aromatic N) is 1. The SMILES string of the molecule is CCOC(=O)NC(=NCCCCCC(=O)CCC(N)C(=O)O)NC(=O)OCC. The molecule has 5 N–H and O–H groups in total. The normalized spacial score (nSPS) is 11.1. The number of guanidine groups is 1. The zero-order chi connectivity index (χ0) is 21.4. The van der Waals surface area contributed by atoms with Crippen LogP contribution in [0.2, 0.25) is 0 Å². The van der Waals surface area contributed by atoms with E-state index in [1.54, 1.807) is 13.8 Å². The van der Waals surface area contributed by atoms with Gasteiger partial charge in [0.05, 0.1) is 13.2 Å². The minimum atomic E-state index is -1.12. The smallest absolute Gasteiger partial charge is 0.413 e. The number of nitrogens with one attached hydrogen (secondary N) is 2. The van der Waals surface area contributed by atoms with Gasteiger partial charge in [-0.1, -0.05) is 6.42 Å². The predicted molar refractivity (Wildman–Crippen MR) is 101 cm³/mol. The molecule has 2 amide bonds. The second kappa shape index (κ2) is 15.4. The van der Waals surface area contributed by atoms with Gasteiger partial charge in [0.15, 0.2) is 0 Å². The lowest BCUT2D eigenvalue weighted by Crippen LogP contribution is -2.44. The molecule has 0 aromatic heterocycles. The first-order chi connectivity index (χ1) is 13.3. The molecule has 0 spiro atoms. The summed E-state index contributed by atoms with van der Waals surface area (Å²) in [5.41, 5.74) is 5.35. The van der Waals surface area contributed by atoms with E-state index in [9.17, 15) is 19.2 Å². The summed E-state index contributed by atoms with van der Waals surface area (Å²) in [6.07, 6.45) is 1.07. The Balaban J connectivity index is 4.21. The third-order valence-corrected chi connectivity index (χ3v) is 3.43. The fraction of sp³-hybridized carbons (Fsp3) is 0.706. The molecular weight excluding hydrogens is 372 g/mol. The fourth-order valence-electron chi connectivity index (χ4n) is 2.00. The molecule has 1 unspecified atom stereocenters. The molecule has 0 aliphatic rings. The molecule has 1 atom stereocenters. The van der Waals surface area contributed by atoms with Crippen LogP contribution in [0.25, 0.3) is 0 Å². The Morgan fingerprint density at radius 2 is 1.54 bits per heavy atom. The van der Waals surface area contributed by atoms with Crippen LogP contribution in [0.4, 0.5) is 9.59 Å². The lowest BCUT2D eigenvalue weighted by atomic mass is 10.0. The van der Waals surface area contributed by atoms with Crippen LogP contribution in [-0.4, -0.2) is 60.8 Å². The van der Waals surface area contributed by atoms with Crippen LogP contribution in [0.5, 0.6) is 0 Å². The van der Waals surface area contributed by atoms with E-state index in [0.717, 1.165) is 0 Å². The highest BCUT2D eigenvalue weighted by Gasteiger charge is 2.13. The van der Waals surface area contributed by atoms with Crippen molar-refractivity contribution in [3.05, 3.63) is 0 Å². The molecule has 0 saturated carbocycles. The Morgan fingerprint density at radius 1 is 0.964 bits per heavy atom. The van der Waals surface area contributed by atoms with Gasteiger partial charge in [0.1, 0.15) is 11.8 Å². The van der Waals surface area contributed by atoms with E-state index in [0.29, 0.717) is 32.2 Å². The molecule has 0 aromatic carbocycles. The zero-order valence-electron chi connectivity index (χ0n) is 16.4. The third-order valence-electron chi connectivity index (χ3n) is 3.43. The summed E-state index contributed by atoms with van der Waals surface area (Å²) in [5.74, 6) is -1.22. The Labute approximate surface area is 164 Å². The van der Waals surface area contributed by atoms with Crippen molar-refractivity contribution in [2.45, 2.75) is 58.4 Å². The monoisotopic (exact) mass is 402 g/mol. The number of ether oxygens (including phenoxy) is 2. The van der Waals surface area contributed by atoms with Gasteiger partial charge in [-0.2, -0.15) is 0 Å². The van der Waals surface area contributed by atoms with Gasteiger partial charge in [0, 0.05) is 19.4 Å². The molecule has 28 heavy (non-hydrogen) atoms. The van der Waals surface area contributed by atoms with E-state index in [2.05, 4.69) is 15.6 Å². The Morgan fingerprint density at radius 3 is 2.04 bits per heavy atom. The van der Waals surface area contributed by atoms with E-state index >= 15 is 0 Å². The highest BCUT2D eigenvalue weighted by Crippen LogP contribution is 2.05. The molecule has 11 heteroatoms. The molecular formula is C17H30N4O7. The second-order valence-electron chi connectivity index (χ2n) is 5.75. The van der Waals surface area contributed by atoms with Crippen LogP contribution in [0.15, 0.2) is 4.99 Å². The van der Waals surface area contributed by atoms with Crippen molar-refractivity contribution >= 4 is 29.9 Å². The van der Waals surface area contributed by atoms with Crippen molar-refractivity contribution < 1.29 is 33.8 Å². The zero-order valence-corrected chi connectivity index (χ0v) is 16.4. The number of carboxylic acid groups (broad SMARTS) is 1. The average molecular weight is 402 g/mol. The van der Waals surface area contributed by atoms with Crippen molar-refractivity contribution in [2.75, 3.05) is 19.8 Å². The first-order valence-corrected chi connectivity index (χ1v) is 9.22. The summed E-state index contributed by atoms with van der Waals surface area (Å²) in [4.78, 5) is 49.3. The number of nitrogens with two attached hydrogens (primary N) is 1. The summed E-state index contributed by atoms with van der Waals surface area (Å²) < 4.78 is 9.47. The lowest BCUT2D eigenvalue weighted by molar-refractivity contribution is -0.138. The molecule has 160 valence electrons. The minimum absolute atomic E-state index is 0.0335. The first-order valence-electron chi connectivity index (χ1n) is 9.22. The molecule has 0 saturated heterocycles. The highest BCUT2D eigenvalue weighted by atomic mass is 16.6. The molecule has 11 nitrogen and oxygen atoms in total. The summed E-state index contributed by atoms with van der Waals surface area (Å²) in [7, 11) is 0. The number of Topliss-reactive ketones (excluding diaryl/α,β-unsaturated/α-hetero) is 1. The standard InChI is InChI=1S/C17H30N4O7/c1-3-27-16(25)20-15(21-17(26)28-4-2)19-11-7-5-6-8-12(22)9-10-13(18)14(23)24/h13H,3-11,18H2,1-2H3,(H,23,24)(H2,19,20,21,25,26). The van der Waals surface area contributed by atoms with Crippen LogP contribution in [0.1, 0.15) is 52.4 Å². The van der Waals surface area contributed by atoms with Crippen LogP contribution in [0.3, 0.4) is 0 Å². The molecule has 0 heterocycles. The summed E-state index contributed by atoms with van der Waals surface area (Å²) in [6, 6.07) is -1.02. The van der Waals surface area contributed by atoms with Crippen molar-refractivity contribution in [1.82, 2.24) is 10.6 Å². The van der Waals surface area contributed by atoms with E-state index < -0.39 is 24.2 Å². The maximum Gasteiger partial charge on any atom is 0.413 e. The van der Waals surface area contributed by atoms with Gasteiger partial charge in [-0.15, -0.1) is 0 Å². The van der Waals surface area contributed by atoms with Crippen molar-refractivity contribution in [3.8, 4) is 0 Å². The van der Waals surface area contributed by atoms with Gasteiger partial charge >= 0.3 is 18.2 Å². The second-order valence-corrected chi connectivity index (χ2v) is 5.75. The van der Waals surface area contributed by atoms with Gasteiger partial charge in [-0.3, -0.25) is 25.2 Å². The Hall–Kier alpha value is -2.69. The maximum atomic E-state index is 11.7. The molecule has 0 bridgehead atoms. The number of amides is 2. The number of rotatable bonds is 12. The first kappa shape index (κ1) is 25.3. The van der Waals surface area contributed by atoms with E-state index in [1.807, 2.05) is 0 Å². The molecule has 0 radical (unpaired) electrons. The number of alkyl carbamates (subject to hydrolysis) is 2. The lowest BCUT2D eigenvalue weighted by Gasteiger charge is -2.10. The van der Waals surface area contributed by atoms with Crippen LogP contribution < -0.4 is 16.4 Å². The molecule has 0 rings (SSSR count). The van der Waals surface area contributed by atoms with Gasteiger partial charge in [0.2, 0.25) is 5.96 Å². The number of hydrogen-bond donors (Lipinski definition) is 4. The van der Waals surface area contributed by atoms with E-state index in [-0.39, 0.29) is 37.8 Å². The molecule has 0 aliphatic carbocycles. The predicted octanol–water partition coefficient (Wildman–Crippen LogP) is 1.16. The average Bonchev–Trinajstić information content (AvgIpc) is 2.62. The number of hydrogen-bond acceptors (Lipinski definition) is 8. The largest absolute Gasteiger partial charge is 0.480 e. The fourth-order valence-corrected chi connectivity index (χ4v) is 2.00. The topological polar surface area (TPSA) is 169 Å². The van der Waals surface area contributed by atoms with Gasteiger partial charge in [-0.05, 0) is 33.1 Å². The quantitative estimate of drug-likeness (QED) is 0.214. The van der Waals surface area contributed by atoms with E-state index in [1.165, 1.54) is 0 Å². The van der Waals surface area contributed by atoms with Crippen LogP contribution >= 0.6 is 0 Å². The Kier molecular flexibility index (Phi) is 13.9. The number of carbonyl (C=O) groups is 4. The van der Waals surface area contributed by atoms with Crippen LogP contribution in [0, 0.1) is 0 Å². The van der Waals surface area contributed by atoms with Crippen LogP contribution in [-0.2, 0) is 19.1 Å². The Bertz CT molecular complexity index is 530. The number of ketones is 1. The number of carboxylic acids is 1. The maximum absolute atomic E-state index is 11.7. The summed E-state index contributed by atoms with van der Waals surface area (Å²) >= 11 is 0. The number of carbonyl (C=O) groups excluding carboxylic acids is 3. The molecule has 0 aliphatic heterocycles. The minimum Gasteiger partial charge on any atom is -0.480 e. The molecule has 0 aromatic rings. The van der Waals surface area contributed by atoms with Gasteiger partial charge in [-0.25, -0.2) is 9.59 Å². The van der Waals surface area contributed by atoms with E-state index in [4.69, 9.17) is 20.3 Å². The highest BCUT2D eigenvalue weighted by molar-refractivity contribution is 6.01. The van der Waals surface area contributed by atoms with Crippen molar-refractivity contribution in [3.63, 3.8) is 0 Å². The number of aliphatic carboxylic acids is 1. The number of aliphatic imine (C=N–C) groups is 1. The summed E-state index contributed by atoms with van der Waals surface area (Å²) in [5, 5.41) is 13.3.